The molecule has 0 aliphatic heterocycles. The number of hydrogen-bond acceptors (Lipinski definition) is 0. The van der Waals surface area contributed by atoms with Crippen LogP contribution in [0, 0.1) is 0 Å². The van der Waals surface area contributed by atoms with Crippen molar-refractivity contribution < 1.29 is 0 Å². The molecule has 0 fully saturated rings. The third-order valence-electron chi connectivity index (χ3n) is 3.78. The van der Waals surface area contributed by atoms with E-state index in [-0.39, 0.29) is 0 Å². The second-order valence-electron chi connectivity index (χ2n) is 4.90. The molecular weight excluding hydrogens is 227 g/mol. The Morgan fingerprint density at radius 2 is 1.21 bits per heavy atom. The highest BCUT2D eigenvalue weighted by molar-refractivity contribution is 6.42. The zero-order valence-electron chi connectivity index (χ0n) is 10.4. The fourth-order valence-corrected chi connectivity index (χ4v) is 2.91. The first-order chi connectivity index (χ1) is 9.34. The molecule has 2 radical (unpaired) electrons. The molecule has 19 heavy (non-hydrogen) atoms. The van der Waals surface area contributed by atoms with Gasteiger partial charge in [-0.25, -0.2) is 0 Å². The standard InChI is InChI=1S/C18H11B/c19-17-11-13-10-9-12-5-1-2-6-14(12)18(13)16-8-4-3-7-15(16)17/h1-11H. The maximum Gasteiger partial charge on any atom is 0.114 e. The average Bonchev–Trinajstić information content (AvgIpc) is 2.47. The number of benzene rings is 4. The van der Waals surface area contributed by atoms with Crippen LogP contribution in [-0.2, 0) is 0 Å². The first kappa shape index (κ1) is 10.6. The van der Waals surface area contributed by atoms with E-state index < -0.39 is 0 Å². The predicted octanol–water partition coefficient (Wildman–Crippen LogP) is 3.94. The van der Waals surface area contributed by atoms with E-state index in [0.29, 0.717) is 0 Å². The summed E-state index contributed by atoms with van der Waals surface area (Å²) in [5, 5.41) is 7.42. The normalized spacial score (nSPS) is 11.4. The topological polar surface area (TPSA) is 0 Å². The summed E-state index contributed by atoms with van der Waals surface area (Å²) in [5.41, 5.74) is 0.846. The lowest BCUT2D eigenvalue weighted by Crippen LogP contribution is -2.03. The van der Waals surface area contributed by atoms with Gasteiger partial charge in [0.1, 0.15) is 7.85 Å². The highest BCUT2D eigenvalue weighted by Gasteiger charge is 2.06. The van der Waals surface area contributed by atoms with E-state index in [2.05, 4.69) is 60.7 Å². The summed E-state index contributed by atoms with van der Waals surface area (Å²) in [4.78, 5) is 0. The van der Waals surface area contributed by atoms with Gasteiger partial charge >= 0.3 is 0 Å². The van der Waals surface area contributed by atoms with E-state index in [0.717, 1.165) is 10.8 Å². The van der Waals surface area contributed by atoms with Crippen molar-refractivity contribution in [2.45, 2.75) is 0 Å². The number of rotatable bonds is 0. The van der Waals surface area contributed by atoms with Crippen molar-refractivity contribution in [2.24, 2.45) is 0 Å². The molecule has 0 spiro atoms. The van der Waals surface area contributed by atoms with Crippen molar-refractivity contribution in [3.05, 3.63) is 66.7 Å². The van der Waals surface area contributed by atoms with E-state index in [9.17, 15) is 0 Å². The largest absolute Gasteiger partial charge is 0.114 e. The smallest absolute Gasteiger partial charge is 0.0883 e. The molecule has 0 unspecified atom stereocenters. The van der Waals surface area contributed by atoms with Crippen LogP contribution in [0.3, 0.4) is 0 Å². The molecule has 0 nitrogen and oxygen atoms in total. The summed E-state index contributed by atoms with van der Waals surface area (Å²) in [6.07, 6.45) is 0. The van der Waals surface area contributed by atoms with Crippen LogP contribution in [0.5, 0.6) is 0 Å². The molecule has 0 aliphatic rings. The lowest BCUT2D eigenvalue weighted by atomic mass is 9.85. The minimum atomic E-state index is 0.846. The van der Waals surface area contributed by atoms with E-state index >= 15 is 0 Å². The second-order valence-corrected chi connectivity index (χ2v) is 4.90. The minimum absolute atomic E-state index is 0.846. The van der Waals surface area contributed by atoms with Crippen molar-refractivity contribution in [1.82, 2.24) is 0 Å². The fraction of sp³-hybridized carbons (Fsp3) is 0. The van der Waals surface area contributed by atoms with Gasteiger partial charge in [-0.2, -0.15) is 0 Å². The predicted molar refractivity (Wildman–Crippen MR) is 84.3 cm³/mol. The van der Waals surface area contributed by atoms with Crippen LogP contribution in [0.15, 0.2) is 66.7 Å². The Hall–Kier alpha value is -2.28. The summed E-state index contributed by atoms with van der Waals surface area (Å²) < 4.78 is 0. The van der Waals surface area contributed by atoms with Crippen molar-refractivity contribution in [2.75, 3.05) is 0 Å². The zero-order chi connectivity index (χ0) is 12.8. The SMILES string of the molecule is [B]c1cc2ccc3ccccc3c2c2ccccc12. The monoisotopic (exact) mass is 238 g/mol. The van der Waals surface area contributed by atoms with Crippen LogP contribution < -0.4 is 5.46 Å². The third-order valence-corrected chi connectivity index (χ3v) is 3.78. The Morgan fingerprint density at radius 3 is 2.05 bits per heavy atom. The maximum absolute atomic E-state index is 6.17. The van der Waals surface area contributed by atoms with Gasteiger partial charge < -0.3 is 0 Å². The van der Waals surface area contributed by atoms with Crippen LogP contribution >= 0.6 is 0 Å². The molecular formula is C18H11B. The van der Waals surface area contributed by atoms with Gasteiger partial charge in [-0.15, -0.1) is 0 Å². The molecule has 0 atom stereocenters. The maximum atomic E-state index is 6.17. The third kappa shape index (κ3) is 1.48. The molecule has 0 heterocycles. The van der Waals surface area contributed by atoms with Crippen molar-refractivity contribution in [3.63, 3.8) is 0 Å². The number of fused-ring (bicyclic) bond motifs is 5. The van der Waals surface area contributed by atoms with Gasteiger partial charge in [0.2, 0.25) is 0 Å². The van der Waals surface area contributed by atoms with Crippen LogP contribution in [-0.4, -0.2) is 7.85 Å². The summed E-state index contributed by atoms with van der Waals surface area (Å²) in [5.74, 6) is 0. The molecule has 86 valence electrons. The molecule has 0 N–H and O–H groups in total. The van der Waals surface area contributed by atoms with Gasteiger partial charge in [0, 0.05) is 0 Å². The Morgan fingerprint density at radius 1 is 0.579 bits per heavy atom. The van der Waals surface area contributed by atoms with Crippen molar-refractivity contribution >= 4 is 45.6 Å². The van der Waals surface area contributed by atoms with Crippen molar-refractivity contribution in [3.8, 4) is 0 Å². The summed E-state index contributed by atoms with van der Waals surface area (Å²) in [6.45, 7) is 0. The van der Waals surface area contributed by atoms with Gasteiger partial charge in [-0.1, -0.05) is 72.2 Å². The van der Waals surface area contributed by atoms with Gasteiger partial charge in [-0.05, 0) is 32.3 Å². The molecule has 1 heteroatoms. The van der Waals surface area contributed by atoms with E-state index in [1.54, 1.807) is 0 Å². The quantitative estimate of drug-likeness (QED) is 0.321. The van der Waals surface area contributed by atoms with Crippen LogP contribution in [0.25, 0.3) is 32.3 Å². The van der Waals surface area contributed by atoms with Crippen LogP contribution in [0.4, 0.5) is 0 Å². The molecule has 0 saturated heterocycles. The highest BCUT2D eigenvalue weighted by atomic mass is 14.1. The fourth-order valence-electron chi connectivity index (χ4n) is 2.91. The zero-order valence-corrected chi connectivity index (χ0v) is 10.4. The summed E-state index contributed by atoms with van der Waals surface area (Å²) in [6, 6.07) is 23.2. The molecule has 4 aromatic rings. The Labute approximate surface area is 113 Å². The average molecular weight is 238 g/mol. The van der Waals surface area contributed by atoms with Crippen LogP contribution in [0.1, 0.15) is 0 Å². The Balaban J connectivity index is 2.39. The van der Waals surface area contributed by atoms with Gasteiger partial charge in [0.15, 0.2) is 0 Å². The first-order valence-electron chi connectivity index (χ1n) is 6.43. The number of hydrogen-bond donors (Lipinski definition) is 0. The Kier molecular flexibility index (Phi) is 2.16. The van der Waals surface area contributed by atoms with E-state index in [1.807, 2.05) is 6.07 Å². The second kappa shape index (κ2) is 3.86. The lowest BCUT2D eigenvalue weighted by molar-refractivity contribution is 1.79. The Bertz CT molecular complexity index is 922. The van der Waals surface area contributed by atoms with Crippen molar-refractivity contribution in [1.29, 1.82) is 0 Å². The van der Waals surface area contributed by atoms with E-state index in [1.165, 1.54) is 26.9 Å². The summed E-state index contributed by atoms with van der Waals surface area (Å²) in [7, 11) is 6.17. The van der Waals surface area contributed by atoms with Crippen LogP contribution in [0.2, 0.25) is 0 Å². The molecule has 0 saturated carbocycles. The minimum Gasteiger partial charge on any atom is -0.0883 e. The highest BCUT2D eigenvalue weighted by Crippen LogP contribution is 2.30. The van der Waals surface area contributed by atoms with Gasteiger partial charge in [-0.3, -0.25) is 0 Å². The molecule has 0 bridgehead atoms. The molecule has 0 aromatic heterocycles. The molecule has 0 amide bonds. The summed E-state index contributed by atoms with van der Waals surface area (Å²) >= 11 is 0. The molecule has 0 aliphatic carbocycles. The lowest BCUT2D eigenvalue weighted by Gasteiger charge is -2.10. The van der Waals surface area contributed by atoms with Gasteiger partial charge in [0.05, 0.1) is 0 Å². The molecule has 4 aromatic carbocycles. The first-order valence-corrected chi connectivity index (χ1v) is 6.43. The van der Waals surface area contributed by atoms with E-state index in [4.69, 9.17) is 7.85 Å². The van der Waals surface area contributed by atoms with Gasteiger partial charge in [0.25, 0.3) is 0 Å². The molecule has 4 rings (SSSR count).